The molecule has 1 aromatic rings. The Balaban J connectivity index is 2.61. The van der Waals surface area contributed by atoms with Gasteiger partial charge in [0.25, 0.3) is 0 Å². The number of hydrogen-bond donors (Lipinski definition) is 1. The van der Waals surface area contributed by atoms with E-state index in [9.17, 15) is 9.90 Å². The number of aryl methyl sites for hydroxylation is 1. The number of carbonyl (C=O) groups excluding carboxylic acids is 1. The average molecular weight is 352 g/mol. The summed E-state index contributed by atoms with van der Waals surface area (Å²) < 4.78 is 16.0. The molecule has 5 nitrogen and oxygen atoms in total. The number of rotatable bonds is 12. The lowest BCUT2D eigenvalue weighted by atomic mass is 9.99. The second-order valence-electron chi connectivity index (χ2n) is 6.34. The topological polar surface area (TPSA) is 65.0 Å². The van der Waals surface area contributed by atoms with Gasteiger partial charge in [-0.1, -0.05) is 32.3 Å². The summed E-state index contributed by atoms with van der Waals surface area (Å²) in [5, 5.41) is 10.2. The molecule has 0 saturated heterocycles. The molecule has 0 aliphatic heterocycles. The molecule has 0 radical (unpaired) electrons. The lowest BCUT2D eigenvalue weighted by Crippen LogP contribution is -2.23. The van der Waals surface area contributed by atoms with Crippen molar-refractivity contribution in [1.82, 2.24) is 0 Å². The molecule has 0 spiro atoms. The fourth-order valence-electron chi connectivity index (χ4n) is 2.87. The molecule has 2 atom stereocenters. The van der Waals surface area contributed by atoms with Crippen LogP contribution < -0.4 is 9.47 Å². The monoisotopic (exact) mass is 352 g/mol. The zero-order chi connectivity index (χ0) is 18.7. The second kappa shape index (κ2) is 11.7. The fraction of sp³-hybridized carbons (Fsp3) is 0.650. The van der Waals surface area contributed by atoms with Crippen molar-refractivity contribution in [2.24, 2.45) is 0 Å². The maximum absolute atomic E-state index is 11.4. The van der Waals surface area contributed by atoms with E-state index >= 15 is 0 Å². The molecule has 0 amide bonds. The number of unbranched alkanes of at least 4 members (excludes halogenated alkanes) is 2. The Morgan fingerprint density at radius 2 is 1.84 bits per heavy atom. The molecule has 1 N–H and O–H groups in total. The molecule has 0 bridgehead atoms. The summed E-state index contributed by atoms with van der Waals surface area (Å²) in [4.78, 5) is 11.4. The minimum atomic E-state index is -0.429. The molecular formula is C20H32O5. The van der Waals surface area contributed by atoms with E-state index < -0.39 is 6.10 Å². The third-order valence-corrected chi connectivity index (χ3v) is 4.21. The van der Waals surface area contributed by atoms with Gasteiger partial charge in [-0.3, -0.25) is 4.79 Å². The molecule has 0 aliphatic carbocycles. The van der Waals surface area contributed by atoms with Crippen LogP contribution in [0.1, 0.15) is 57.9 Å². The minimum absolute atomic E-state index is 0.276. The van der Waals surface area contributed by atoms with Crippen molar-refractivity contribution in [3.05, 3.63) is 23.8 Å². The maximum Gasteiger partial charge on any atom is 0.302 e. The van der Waals surface area contributed by atoms with Gasteiger partial charge in [0.2, 0.25) is 0 Å². The van der Waals surface area contributed by atoms with E-state index in [2.05, 4.69) is 6.92 Å². The van der Waals surface area contributed by atoms with Crippen LogP contribution in [0.25, 0.3) is 0 Å². The van der Waals surface area contributed by atoms with Crippen molar-refractivity contribution < 1.29 is 24.1 Å². The van der Waals surface area contributed by atoms with Crippen molar-refractivity contribution >= 4 is 5.97 Å². The van der Waals surface area contributed by atoms with Crippen LogP contribution >= 0.6 is 0 Å². The third-order valence-electron chi connectivity index (χ3n) is 4.21. The molecule has 0 aliphatic rings. The number of benzene rings is 1. The molecule has 142 valence electrons. The van der Waals surface area contributed by atoms with E-state index in [1.54, 1.807) is 14.2 Å². The van der Waals surface area contributed by atoms with E-state index in [-0.39, 0.29) is 12.1 Å². The third kappa shape index (κ3) is 8.25. The van der Waals surface area contributed by atoms with Crippen LogP contribution in [0.15, 0.2) is 18.2 Å². The number of methoxy groups -OCH3 is 2. The summed E-state index contributed by atoms with van der Waals surface area (Å²) in [6.07, 6.45) is 5.17. The number of carbonyl (C=O) groups is 1. The Morgan fingerprint density at radius 3 is 2.44 bits per heavy atom. The van der Waals surface area contributed by atoms with Crippen LogP contribution in [0, 0.1) is 0 Å². The second-order valence-corrected chi connectivity index (χ2v) is 6.34. The molecular weight excluding hydrogens is 320 g/mol. The van der Waals surface area contributed by atoms with Crippen molar-refractivity contribution in [1.29, 1.82) is 0 Å². The predicted molar refractivity (Wildman–Crippen MR) is 98.2 cm³/mol. The smallest absolute Gasteiger partial charge is 0.302 e. The molecule has 1 aromatic carbocycles. The van der Waals surface area contributed by atoms with E-state index in [4.69, 9.17) is 14.2 Å². The van der Waals surface area contributed by atoms with Crippen LogP contribution in [0.3, 0.4) is 0 Å². The van der Waals surface area contributed by atoms with Gasteiger partial charge in [0.1, 0.15) is 6.10 Å². The van der Waals surface area contributed by atoms with Gasteiger partial charge >= 0.3 is 5.97 Å². The molecule has 0 saturated carbocycles. The van der Waals surface area contributed by atoms with Crippen LogP contribution in [0.2, 0.25) is 0 Å². The molecule has 25 heavy (non-hydrogen) atoms. The van der Waals surface area contributed by atoms with Gasteiger partial charge in [0.05, 0.1) is 20.3 Å². The number of hydrogen-bond acceptors (Lipinski definition) is 5. The zero-order valence-electron chi connectivity index (χ0n) is 15.9. The lowest BCUT2D eigenvalue weighted by Gasteiger charge is -2.20. The molecule has 0 aromatic heterocycles. The van der Waals surface area contributed by atoms with E-state index in [0.29, 0.717) is 24.3 Å². The zero-order valence-corrected chi connectivity index (χ0v) is 15.9. The highest BCUT2D eigenvalue weighted by molar-refractivity contribution is 5.66. The summed E-state index contributed by atoms with van der Waals surface area (Å²) in [6.45, 7) is 3.55. The Kier molecular flexibility index (Phi) is 10.0. The Labute approximate surface area is 151 Å². The van der Waals surface area contributed by atoms with E-state index in [1.165, 1.54) is 6.92 Å². The summed E-state index contributed by atoms with van der Waals surface area (Å²) in [6, 6.07) is 5.78. The lowest BCUT2D eigenvalue weighted by molar-refractivity contribution is -0.148. The van der Waals surface area contributed by atoms with Crippen molar-refractivity contribution in [2.75, 3.05) is 14.2 Å². The number of esters is 1. The predicted octanol–water partition coefficient (Wildman–Crippen LogP) is 3.90. The van der Waals surface area contributed by atoms with Crippen molar-refractivity contribution in [3.8, 4) is 11.5 Å². The molecule has 2 unspecified atom stereocenters. The highest BCUT2D eigenvalue weighted by Gasteiger charge is 2.18. The average Bonchev–Trinajstić information content (AvgIpc) is 2.59. The number of aliphatic hydroxyl groups is 1. The normalized spacial score (nSPS) is 13.2. The van der Waals surface area contributed by atoms with Gasteiger partial charge < -0.3 is 19.3 Å². The summed E-state index contributed by atoms with van der Waals surface area (Å²) in [5.74, 6) is 1.07. The van der Waals surface area contributed by atoms with Gasteiger partial charge in [-0.2, -0.15) is 0 Å². The van der Waals surface area contributed by atoms with Gasteiger partial charge in [-0.25, -0.2) is 0 Å². The van der Waals surface area contributed by atoms with Gasteiger partial charge in [-0.15, -0.1) is 0 Å². The van der Waals surface area contributed by atoms with Gasteiger partial charge in [-0.05, 0) is 37.0 Å². The van der Waals surface area contributed by atoms with Crippen LogP contribution in [0.5, 0.6) is 11.5 Å². The Morgan fingerprint density at radius 1 is 1.12 bits per heavy atom. The Hall–Kier alpha value is -1.75. The van der Waals surface area contributed by atoms with Crippen LogP contribution in [0.4, 0.5) is 0 Å². The summed E-state index contributed by atoms with van der Waals surface area (Å²) in [5.41, 5.74) is 1.08. The first-order valence-electron chi connectivity index (χ1n) is 9.06. The number of ether oxygens (including phenoxy) is 3. The largest absolute Gasteiger partial charge is 0.493 e. The highest BCUT2D eigenvalue weighted by Crippen LogP contribution is 2.28. The van der Waals surface area contributed by atoms with Gasteiger partial charge in [0, 0.05) is 13.3 Å². The van der Waals surface area contributed by atoms with E-state index in [0.717, 1.165) is 37.7 Å². The first kappa shape index (κ1) is 21.3. The van der Waals surface area contributed by atoms with Crippen molar-refractivity contribution in [2.45, 2.75) is 71.0 Å². The number of aliphatic hydroxyl groups excluding tert-OH is 1. The first-order chi connectivity index (χ1) is 12.0. The SMILES string of the molecule is CCCCCC(O)CC(CCc1ccc(OC)c(OC)c1)OC(C)=O. The van der Waals surface area contributed by atoms with E-state index in [1.807, 2.05) is 18.2 Å². The molecule has 0 fully saturated rings. The molecule has 5 heteroatoms. The minimum Gasteiger partial charge on any atom is -0.493 e. The highest BCUT2D eigenvalue weighted by atomic mass is 16.5. The summed E-state index contributed by atoms with van der Waals surface area (Å²) >= 11 is 0. The molecule has 0 heterocycles. The van der Waals surface area contributed by atoms with Crippen LogP contribution in [-0.2, 0) is 16.0 Å². The quantitative estimate of drug-likeness (QED) is 0.456. The standard InChI is InChI=1S/C20H32O5/c1-5-6-7-8-17(22)14-18(25-15(2)21)11-9-16-10-12-19(23-3)20(13-16)24-4/h10,12-13,17-18,22H,5-9,11,14H2,1-4H3. The first-order valence-corrected chi connectivity index (χ1v) is 9.06. The Bertz CT molecular complexity index is 515. The van der Waals surface area contributed by atoms with Crippen LogP contribution in [-0.4, -0.2) is 37.5 Å². The fourth-order valence-corrected chi connectivity index (χ4v) is 2.87. The molecule has 1 rings (SSSR count). The van der Waals surface area contributed by atoms with Gasteiger partial charge in [0.15, 0.2) is 11.5 Å². The van der Waals surface area contributed by atoms with Crippen molar-refractivity contribution in [3.63, 3.8) is 0 Å². The maximum atomic E-state index is 11.4. The summed E-state index contributed by atoms with van der Waals surface area (Å²) in [7, 11) is 3.21.